The first-order chi connectivity index (χ1) is 10.7. The van der Waals surface area contributed by atoms with Crippen molar-refractivity contribution >= 4 is 27.6 Å². The van der Waals surface area contributed by atoms with Gasteiger partial charge in [-0.05, 0) is 12.8 Å². The number of carbonyl (C=O) groups is 2. The van der Waals surface area contributed by atoms with Crippen LogP contribution < -0.4 is 15.8 Å². The molecule has 11 heteroatoms. The maximum atomic E-state index is 12.2. The minimum absolute atomic E-state index is 0.0695. The number of hydrogen-bond acceptors (Lipinski definition) is 5. The standard InChI is InChI=1S/C12H20N6O4S/c1-23(21,22)16-9-3-2-4-17(6-9)12(20)15-10-5-14-18(7-10)8-11(13)19/h5,7,9,16H,2-4,6,8H2,1H3,(H2,13,19)(H,15,20)/t9-/m1/s1. The van der Waals surface area contributed by atoms with Crippen LogP contribution in [0.15, 0.2) is 12.4 Å². The Balaban J connectivity index is 1.92. The number of piperidine rings is 1. The van der Waals surface area contributed by atoms with Crippen LogP contribution in [-0.4, -0.2) is 60.4 Å². The van der Waals surface area contributed by atoms with E-state index < -0.39 is 15.9 Å². The van der Waals surface area contributed by atoms with Gasteiger partial charge in [-0.2, -0.15) is 5.10 Å². The number of carbonyl (C=O) groups excluding carboxylic acids is 2. The van der Waals surface area contributed by atoms with Crippen LogP contribution in [0.2, 0.25) is 0 Å². The molecule has 2 rings (SSSR count). The van der Waals surface area contributed by atoms with Crippen LogP contribution in [0, 0.1) is 0 Å². The van der Waals surface area contributed by atoms with Crippen LogP contribution >= 0.6 is 0 Å². The Kier molecular flexibility index (Phi) is 5.21. The number of primary amides is 1. The van der Waals surface area contributed by atoms with Crippen LogP contribution in [0.4, 0.5) is 10.5 Å². The van der Waals surface area contributed by atoms with Gasteiger partial charge in [-0.25, -0.2) is 17.9 Å². The third-order valence-electron chi connectivity index (χ3n) is 3.29. The Morgan fingerprint density at radius 3 is 2.87 bits per heavy atom. The summed E-state index contributed by atoms with van der Waals surface area (Å²) in [6.07, 6.45) is 5.41. The van der Waals surface area contributed by atoms with E-state index in [1.807, 2.05) is 0 Å². The molecule has 0 saturated carbocycles. The zero-order chi connectivity index (χ0) is 17.0. The summed E-state index contributed by atoms with van der Waals surface area (Å²) in [5.41, 5.74) is 5.51. The van der Waals surface area contributed by atoms with E-state index in [0.29, 0.717) is 31.6 Å². The lowest BCUT2D eigenvalue weighted by Crippen LogP contribution is -2.50. The number of aromatic nitrogens is 2. The molecule has 3 amide bonds. The molecule has 0 radical (unpaired) electrons. The van der Waals surface area contributed by atoms with Crippen molar-refractivity contribution in [1.29, 1.82) is 0 Å². The third kappa shape index (κ3) is 5.53. The molecule has 1 atom stereocenters. The van der Waals surface area contributed by atoms with Gasteiger partial charge in [0.05, 0.1) is 18.1 Å². The van der Waals surface area contributed by atoms with E-state index in [-0.39, 0.29) is 18.6 Å². The number of urea groups is 1. The first-order valence-corrected chi connectivity index (χ1v) is 8.96. The third-order valence-corrected chi connectivity index (χ3v) is 4.05. The molecule has 0 aliphatic carbocycles. The van der Waals surface area contributed by atoms with Crippen LogP contribution in [0.1, 0.15) is 12.8 Å². The normalized spacial score (nSPS) is 18.7. The van der Waals surface area contributed by atoms with Gasteiger partial charge in [-0.3, -0.25) is 9.48 Å². The molecule has 0 spiro atoms. The highest BCUT2D eigenvalue weighted by Crippen LogP contribution is 2.13. The van der Waals surface area contributed by atoms with E-state index in [1.165, 1.54) is 22.0 Å². The van der Waals surface area contributed by atoms with Gasteiger partial charge in [0.15, 0.2) is 0 Å². The Bertz CT molecular complexity index is 685. The van der Waals surface area contributed by atoms with E-state index in [0.717, 1.165) is 6.26 Å². The minimum Gasteiger partial charge on any atom is -0.368 e. The Labute approximate surface area is 134 Å². The number of nitrogens with zero attached hydrogens (tertiary/aromatic N) is 3. The molecule has 0 bridgehead atoms. The number of sulfonamides is 1. The van der Waals surface area contributed by atoms with Crippen LogP contribution in [0.5, 0.6) is 0 Å². The van der Waals surface area contributed by atoms with Crippen LogP contribution in [-0.2, 0) is 21.4 Å². The lowest BCUT2D eigenvalue weighted by Gasteiger charge is -2.32. The fourth-order valence-electron chi connectivity index (χ4n) is 2.44. The number of hydrogen-bond donors (Lipinski definition) is 3. The second-order valence-corrected chi connectivity index (χ2v) is 7.28. The molecule has 0 unspecified atom stereocenters. The van der Waals surface area contributed by atoms with Gasteiger partial charge >= 0.3 is 6.03 Å². The van der Waals surface area contributed by atoms with Crippen molar-refractivity contribution in [1.82, 2.24) is 19.4 Å². The first-order valence-electron chi connectivity index (χ1n) is 7.07. The van der Waals surface area contributed by atoms with Gasteiger partial charge in [0.25, 0.3) is 0 Å². The molecule has 1 saturated heterocycles. The van der Waals surface area contributed by atoms with E-state index >= 15 is 0 Å². The summed E-state index contributed by atoms with van der Waals surface area (Å²) in [7, 11) is -3.31. The molecular weight excluding hydrogens is 324 g/mol. The topological polar surface area (TPSA) is 139 Å². The fraction of sp³-hybridized carbons (Fsp3) is 0.583. The number of nitrogens with two attached hydrogens (primary N) is 1. The minimum atomic E-state index is -3.31. The summed E-state index contributed by atoms with van der Waals surface area (Å²) in [5.74, 6) is -0.531. The van der Waals surface area contributed by atoms with Crippen molar-refractivity contribution in [3.8, 4) is 0 Å². The maximum Gasteiger partial charge on any atom is 0.321 e. The molecule has 1 aromatic rings. The summed E-state index contributed by atoms with van der Waals surface area (Å²) in [6, 6.07) is -0.634. The second-order valence-electron chi connectivity index (χ2n) is 5.50. The second kappa shape index (κ2) is 6.96. The van der Waals surface area contributed by atoms with Crippen molar-refractivity contribution in [2.24, 2.45) is 5.73 Å². The molecule has 128 valence electrons. The molecule has 23 heavy (non-hydrogen) atoms. The number of likely N-dealkylation sites (tertiary alicyclic amines) is 1. The average Bonchev–Trinajstić information content (AvgIpc) is 2.83. The monoisotopic (exact) mass is 344 g/mol. The predicted octanol–water partition coefficient (Wildman–Crippen LogP) is -1.09. The van der Waals surface area contributed by atoms with Crippen molar-refractivity contribution in [3.05, 3.63) is 12.4 Å². The van der Waals surface area contributed by atoms with E-state index in [9.17, 15) is 18.0 Å². The summed E-state index contributed by atoms with van der Waals surface area (Å²) >= 11 is 0. The SMILES string of the molecule is CS(=O)(=O)N[C@@H]1CCCN(C(=O)Nc2cnn(CC(N)=O)c2)C1. The molecule has 10 nitrogen and oxygen atoms in total. The van der Waals surface area contributed by atoms with E-state index in [4.69, 9.17) is 5.73 Å². The highest BCUT2D eigenvalue weighted by molar-refractivity contribution is 7.88. The molecule has 4 N–H and O–H groups in total. The smallest absolute Gasteiger partial charge is 0.321 e. The van der Waals surface area contributed by atoms with Gasteiger partial charge in [0, 0.05) is 25.3 Å². The van der Waals surface area contributed by atoms with Crippen molar-refractivity contribution < 1.29 is 18.0 Å². The lowest BCUT2D eigenvalue weighted by atomic mass is 10.1. The predicted molar refractivity (Wildman–Crippen MR) is 83.0 cm³/mol. The summed E-state index contributed by atoms with van der Waals surface area (Å²) in [6.45, 7) is 0.775. The maximum absolute atomic E-state index is 12.2. The zero-order valence-electron chi connectivity index (χ0n) is 12.7. The fourth-order valence-corrected chi connectivity index (χ4v) is 3.24. The number of nitrogens with one attached hydrogen (secondary N) is 2. The zero-order valence-corrected chi connectivity index (χ0v) is 13.5. The Morgan fingerprint density at radius 2 is 2.22 bits per heavy atom. The Morgan fingerprint density at radius 1 is 1.48 bits per heavy atom. The van der Waals surface area contributed by atoms with E-state index in [1.54, 1.807) is 0 Å². The number of anilines is 1. The van der Waals surface area contributed by atoms with Crippen molar-refractivity contribution in [2.45, 2.75) is 25.4 Å². The van der Waals surface area contributed by atoms with Gasteiger partial charge < -0.3 is 16.0 Å². The molecule has 2 heterocycles. The number of rotatable bonds is 5. The van der Waals surface area contributed by atoms with Crippen LogP contribution in [0.25, 0.3) is 0 Å². The van der Waals surface area contributed by atoms with Gasteiger partial charge in [0.1, 0.15) is 6.54 Å². The summed E-state index contributed by atoms with van der Waals surface area (Å²) in [4.78, 5) is 24.6. The number of amides is 3. The highest BCUT2D eigenvalue weighted by Gasteiger charge is 2.25. The average molecular weight is 344 g/mol. The summed E-state index contributed by atoms with van der Waals surface area (Å²) in [5, 5.41) is 6.57. The molecule has 1 aliphatic heterocycles. The molecule has 0 aromatic carbocycles. The largest absolute Gasteiger partial charge is 0.368 e. The molecule has 1 aromatic heterocycles. The summed E-state index contributed by atoms with van der Waals surface area (Å²) < 4.78 is 26.4. The van der Waals surface area contributed by atoms with E-state index in [2.05, 4.69) is 15.1 Å². The first kappa shape index (κ1) is 17.2. The van der Waals surface area contributed by atoms with Crippen molar-refractivity contribution in [3.63, 3.8) is 0 Å². The quantitative estimate of drug-likeness (QED) is 0.623. The molecule has 1 fully saturated rings. The lowest BCUT2D eigenvalue weighted by molar-refractivity contribution is -0.118. The van der Waals surface area contributed by atoms with Gasteiger partial charge in [0.2, 0.25) is 15.9 Å². The van der Waals surface area contributed by atoms with Crippen LogP contribution in [0.3, 0.4) is 0 Å². The van der Waals surface area contributed by atoms with Gasteiger partial charge in [-0.15, -0.1) is 0 Å². The van der Waals surface area contributed by atoms with Gasteiger partial charge in [-0.1, -0.05) is 0 Å². The molecular formula is C12H20N6O4S. The Hall–Kier alpha value is -2.14. The van der Waals surface area contributed by atoms with Crippen molar-refractivity contribution in [2.75, 3.05) is 24.7 Å². The highest BCUT2D eigenvalue weighted by atomic mass is 32.2. The molecule has 1 aliphatic rings.